The van der Waals surface area contributed by atoms with Crippen LogP contribution in [0, 0.1) is 23.2 Å². The van der Waals surface area contributed by atoms with Crippen LogP contribution in [-0.2, 0) is 10.0 Å². The molecule has 5 nitrogen and oxygen atoms in total. The molecule has 148 valence electrons. The van der Waals surface area contributed by atoms with Gasteiger partial charge in [0.2, 0.25) is 10.0 Å². The second-order valence-electron chi connectivity index (χ2n) is 9.00. The van der Waals surface area contributed by atoms with Gasteiger partial charge in [-0.15, -0.1) is 0 Å². The Labute approximate surface area is 162 Å². The molecular formula is C21H30N2O3S. The van der Waals surface area contributed by atoms with Gasteiger partial charge in [-0.2, -0.15) is 0 Å². The monoisotopic (exact) mass is 390 g/mol. The normalized spacial score (nSPS) is 33.0. The summed E-state index contributed by atoms with van der Waals surface area (Å²) in [4.78, 5) is 13.0. The molecule has 0 heterocycles. The van der Waals surface area contributed by atoms with Crippen molar-refractivity contribution >= 4 is 15.9 Å². The first kappa shape index (κ1) is 18.9. The average molecular weight is 391 g/mol. The molecule has 4 saturated carbocycles. The van der Waals surface area contributed by atoms with Gasteiger partial charge >= 0.3 is 0 Å². The van der Waals surface area contributed by atoms with Crippen molar-refractivity contribution in [2.75, 3.05) is 6.54 Å². The molecule has 27 heavy (non-hydrogen) atoms. The fourth-order valence-electron chi connectivity index (χ4n) is 6.22. The number of rotatable bonds is 6. The Bertz CT molecular complexity index is 798. The van der Waals surface area contributed by atoms with E-state index in [1.165, 1.54) is 50.7 Å². The summed E-state index contributed by atoms with van der Waals surface area (Å²) in [5.74, 6) is 2.34. The topological polar surface area (TPSA) is 75.3 Å². The number of sulfonamides is 1. The molecule has 1 aromatic carbocycles. The second-order valence-corrected chi connectivity index (χ2v) is 10.8. The maximum atomic E-state index is 12.9. The first-order chi connectivity index (χ1) is 12.8. The van der Waals surface area contributed by atoms with Crippen molar-refractivity contribution in [3.05, 3.63) is 29.8 Å². The van der Waals surface area contributed by atoms with Crippen LogP contribution in [0.25, 0.3) is 0 Å². The van der Waals surface area contributed by atoms with E-state index in [1.807, 2.05) is 0 Å². The lowest BCUT2D eigenvalue weighted by molar-refractivity contribution is -0.0688. The molecule has 2 N–H and O–H groups in total. The van der Waals surface area contributed by atoms with E-state index in [9.17, 15) is 13.2 Å². The predicted molar refractivity (Wildman–Crippen MR) is 105 cm³/mol. The minimum atomic E-state index is -3.56. The highest BCUT2D eigenvalue weighted by Crippen LogP contribution is 2.61. The standard InChI is InChI=1S/C21H30N2O3S/c1-3-22-27(25,26)19-6-4-5-18(10-19)20(24)23-14(2)21-11-15-7-16(12-21)9-17(8-15)13-21/h4-6,10,14-17,22H,3,7-9,11-13H2,1-2H3,(H,23,24)/t14-,15?,16?,17?,21?/m1/s1. The summed E-state index contributed by atoms with van der Waals surface area (Å²) in [7, 11) is -3.56. The van der Waals surface area contributed by atoms with Crippen LogP contribution in [0.1, 0.15) is 62.7 Å². The van der Waals surface area contributed by atoms with E-state index >= 15 is 0 Å². The molecule has 0 spiro atoms. The predicted octanol–water partition coefficient (Wildman–Crippen LogP) is 3.32. The van der Waals surface area contributed by atoms with Gasteiger partial charge < -0.3 is 5.32 Å². The van der Waals surface area contributed by atoms with Gasteiger partial charge in [0.05, 0.1) is 4.90 Å². The number of nitrogens with one attached hydrogen (secondary N) is 2. The van der Waals surface area contributed by atoms with Gasteiger partial charge in [0, 0.05) is 18.2 Å². The Balaban J connectivity index is 1.50. The maximum absolute atomic E-state index is 12.9. The third-order valence-corrected chi connectivity index (χ3v) is 8.64. The summed E-state index contributed by atoms with van der Waals surface area (Å²) in [6.07, 6.45) is 7.83. The molecule has 0 radical (unpaired) electrons. The molecule has 4 aliphatic carbocycles. The quantitative estimate of drug-likeness (QED) is 0.782. The van der Waals surface area contributed by atoms with Crippen molar-refractivity contribution in [2.45, 2.75) is 63.3 Å². The van der Waals surface area contributed by atoms with Crippen LogP contribution in [0.15, 0.2) is 29.2 Å². The molecule has 4 bridgehead atoms. The van der Waals surface area contributed by atoms with Gasteiger partial charge in [-0.1, -0.05) is 13.0 Å². The number of amides is 1. The van der Waals surface area contributed by atoms with E-state index in [1.54, 1.807) is 19.1 Å². The highest BCUT2D eigenvalue weighted by atomic mass is 32.2. The van der Waals surface area contributed by atoms with Crippen LogP contribution < -0.4 is 10.0 Å². The van der Waals surface area contributed by atoms with Gasteiger partial charge in [-0.05, 0) is 86.8 Å². The number of hydrogen-bond donors (Lipinski definition) is 2. The third-order valence-electron chi connectivity index (χ3n) is 7.09. The zero-order valence-corrected chi connectivity index (χ0v) is 17.0. The molecule has 0 aliphatic heterocycles. The summed E-state index contributed by atoms with van der Waals surface area (Å²) >= 11 is 0. The van der Waals surface area contributed by atoms with Gasteiger partial charge in [-0.3, -0.25) is 4.79 Å². The van der Waals surface area contributed by atoms with Crippen LogP contribution in [0.4, 0.5) is 0 Å². The molecule has 1 aromatic rings. The van der Waals surface area contributed by atoms with Crippen molar-refractivity contribution in [2.24, 2.45) is 23.2 Å². The number of carbonyl (C=O) groups excluding carboxylic acids is 1. The minimum Gasteiger partial charge on any atom is -0.349 e. The smallest absolute Gasteiger partial charge is 0.251 e. The van der Waals surface area contributed by atoms with Gasteiger partial charge in [0.15, 0.2) is 0 Å². The molecule has 1 atom stereocenters. The van der Waals surface area contributed by atoms with Crippen molar-refractivity contribution in [1.29, 1.82) is 0 Å². The first-order valence-corrected chi connectivity index (χ1v) is 11.7. The number of carbonyl (C=O) groups is 1. The van der Waals surface area contributed by atoms with Crippen molar-refractivity contribution in [3.63, 3.8) is 0 Å². The third kappa shape index (κ3) is 3.54. The minimum absolute atomic E-state index is 0.118. The molecule has 0 unspecified atom stereocenters. The fraction of sp³-hybridized carbons (Fsp3) is 0.667. The summed E-state index contributed by atoms with van der Waals surface area (Å²) in [5.41, 5.74) is 0.642. The van der Waals surface area contributed by atoms with Crippen molar-refractivity contribution in [1.82, 2.24) is 10.0 Å². The first-order valence-electron chi connectivity index (χ1n) is 10.2. The maximum Gasteiger partial charge on any atom is 0.251 e. The summed E-state index contributed by atoms with van der Waals surface area (Å²) in [6.45, 7) is 4.20. The lowest BCUT2D eigenvalue weighted by Crippen LogP contribution is -2.55. The largest absolute Gasteiger partial charge is 0.349 e. The molecule has 5 rings (SSSR count). The highest BCUT2D eigenvalue weighted by Gasteiger charge is 2.53. The van der Waals surface area contributed by atoms with E-state index in [2.05, 4.69) is 17.0 Å². The molecule has 6 heteroatoms. The molecule has 1 amide bonds. The Morgan fingerprint density at radius 3 is 2.30 bits per heavy atom. The van der Waals surface area contributed by atoms with Crippen LogP contribution in [0.2, 0.25) is 0 Å². The van der Waals surface area contributed by atoms with Crippen LogP contribution in [0.3, 0.4) is 0 Å². The van der Waals surface area contributed by atoms with E-state index in [-0.39, 0.29) is 22.3 Å². The Hall–Kier alpha value is -1.40. The van der Waals surface area contributed by atoms with E-state index < -0.39 is 10.0 Å². The molecule has 0 aromatic heterocycles. The average Bonchev–Trinajstić information content (AvgIpc) is 2.60. The van der Waals surface area contributed by atoms with E-state index in [4.69, 9.17) is 0 Å². The zero-order chi connectivity index (χ0) is 19.2. The van der Waals surface area contributed by atoms with Crippen molar-refractivity contribution < 1.29 is 13.2 Å². The van der Waals surface area contributed by atoms with Crippen LogP contribution in [-0.4, -0.2) is 26.9 Å². The van der Waals surface area contributed by atoms with Crippen LogP contribution >= 0.6 is 0 Å². The Kier molecular flexibility index (Phi) is 4.83. The molecule has 0 saturated heterocycles. The van der Waals surface area contributed by atoms with Crippen LogP contribution in [0.5, 0.6) is 0 Å². The molecular weight excluding hydrogens is 360 g/mol. The lowest BCUT2D eigenvalue weighted by Gasteiger charge is -2.59. The summed E-state index contributed by atoms with van der Waals surface area (Å²) < 4.78 is 26.9. The second kappa shape index (κ2) is 6.89. The lowest BCUT2D eigenvalue weighted by atomic mass is 9.48. The van der Waals surface area contributed by atoms with Gasteiger partial charge in [-0.25, -0.2) is 13.1 Å². The molecule has 4 aliphatic rings. The number of hydrogen-bond acceptors (Lipinski definition) is 3. The summed E-state index contributed by atoms with van der Waals surface area (Å²) in [6, 6.07) is 6.44. The Morgan fingerprint density at radius 1 is 1.15 bits per heavy atom. The number of benzene rings is 1. The summed E-state index contributed by atoms with van der Waals surface area (Å²) in [5, 5.41) is 3.21. The van der Waals surface area contributed by atoms with Gasteiger partial charge in [0.1, 0.15) is 0 Å². The van der Waals surface area contributed by atoms with Crippen molar-refractivity contribution in [3.8, 4) is 0 Å². The van der Waals surface area contributed by atoms with E-state index in [0.717, 1.165) is 17.8 Å². The SMILES string of the molecule is CCNS(=O)(=O)c1cccc(C(=O)N[C@H](C)C23CC4CC(CC(C4)C2)C3)c1. The van der Waals surface area contributed by atoms with Gasteiger partial charge in [0.25, 0.3) is 5.91 Å². The fourth-order valence-corrected chi connectivity index (χ4v) is 7.31. The highest BCUT2D eigenvalue weighted by molar-refractivity contribution is 7.89. The van der Waals surface area contributed by atoms with E-state index in [0.29, 0.717) is 12.1 Å². The molecule has 4 fully saturated rings. The zero-order valence-electron chi connectivity index (χ0n) is 16.2. The Morgan fingerprint density at radius 2 is 1.74 bits per heavy atom.